The highest BCUT2D eigenvalue weighted by Gasteiger charge is 2.28. The standard InChI is InChI=1S/C13H15N3O2S/c1-16(13(18)8-3-2-4-8)7-10-14-9-5-6-19-11(9)12(17)15-10/h5-6,8H,2-4,7H2,1H3,(H,14,15,17). The zero-order valence-corrected chi connectivity index (χ0v) is 11.5. The number of rotatable bonds is 3. The van der Waals surface area contributed by atoms with Crippen LogP contribution < -0.4 is 5.56 Å². The number of amides is 1. The number of carbonyl (C=O) groups excluding carboxylic acids is 1. The van der Waals surface area contributed by atoms with Crippen LogP contribution in [0.15, 0.2) is 16.2 Å². The van der Waals surface area contributed by atoms with Crippen LogP contribution in [0.1, 0.15) is 25.1 Å². The van der Waals surface area contributed by atoms with Crippen molar-refractivity contribution in [3.05, 3.63) is 27.6 Å². The van der Waals surface area contributed by atoms with E-state index in [1.807, 2.05) is 11.4 Å². The van der Waals surface area contributed by atoms with E-state index in [1.165, 1.54) is 11.3 Å². The summed E-state index contributed by atoms with van der Waals surface area (Å²) in [5, 5.41) is 1.85. The monoisotopic (exact) mass is 277 g/mol. The Kier molecular flexibility index (Phi) is 3.10. The number of carbonyl (C=O) groups is 1. The lowest BCUT2D eigenvalue weighted by Crippen LogP contribution is -2.36. The molecule has 0 aromatic carbocycles. The summed E-state index contributed by atoms with van der Waals surface area (Å²) in [5.41, 5.74) is 0.577. The highest BCUT2D eigenvalue weighted by molar-refractivity contribution is 7.17. The first-order valence-electron chi connectivity index (χ1n) is 6.36. The van der Waals surface area contributed by atoms with E-state index in [2.05, 4.69) is 9.97 Å². The maximum atomic E-state index is 12.0. The van der Waals surface area contributed by atoms with Gasteiger partial charge in [0.1, 0.15) is 10.5 Å². The topological polar surface area (TPSA) is 66.1 Å². The molecule has 6 heteroatoms. The minimum Gasteiger partial charge on any atom is -0.338 e. The molecule has 19 heavy (non-hydrogen) atoms. The average Bonchev–Trinajstić information content (AvgIpc) is 2.75. The van der Waals surface area contributed by atoms with Gasteiger partial charge in [-0.3, -0.25) is 9.59 Å². The predicted molar refractivity (Wildman–Crippen MR) is 74.1 cm³/mol. The van der Waals surface area contributed by atoms with Crippen LogP contribution in [0, 0.1) is 5.92 Å². The molecule has 3 rings (SSSR count). The molecule has 1 N–H and O–H groups in total. The van der Waals surface area contributed by atoms with Crippen molar-refractivity contribution in [2.24, 2.45) is 5.92 Å². The lowest BCUT2D eigenvalue weighted by atomic mass is 9.84. The number of nitrogens with zero attached hydrogens (tertiary/aromatic N) is 2. The summed E-state index contributed by atoms with van der Waals surface area (Å²) in [5.74, 6) is 0.868. The summed E-state index contributed by atoms with van der Waals surface area (Å²) >= 11 is 1.38. The molecule has 0 radical (unpaired) electrons. The Bertz CT molecular complexity index is 672. The zero-order chi connectivity index (χ0) is 13.4. The average molecular weight is 277 g/mol. The molecule has 1 aliphatic rings. The second-order valence-electron chi connectivity index (χ2n) is 4.97. The Hall–Kier alpha value is -1.69. The predicted octanol–water partition coefficient (Wildman–Crippen LogP) is 1.74. The van der Waals surface area contributed by atoms with E-state index in [1.54, 1.807) is 11.9 Å². The number of fused-ring (bicyclic) bond motifs is 1. The fraction of sp³-hybridized carbons (Fsp3) is 0.462. The first-order chi connectivity index (χ1) is 9.15. The Balaban J connectivity index is 1.80. The van der Waals surface area contributed by atoms with Crippen molar-refractivity contribution >= 4 is 27.5 Å². The summed E-state index contributed by atoms with van der Waals surface area (Å²) < 4.78 is 0.636. The van der Waals surface area contributed by atoms with Gasteiger partial charge in [-0.05, 0) is 24.3 Å². The van der Waals surface area contributed by atoms with Gasteiger partial charge in [0.25, 0.3) is 5.56 Å². The van der Waals surface area contributed by atoms with Crippen LogP contribution in [-0.4, -0.2) is 27.8 Å². The van der Waals surface area contributed by atoms with E-state index in [9.17, 15) is 9.59 Å². The number of hydrogen-bond acceptors (Lipinski definition) is 4. The summed E-state index contributed by atoms with van der Waals surface area (Å²) in [6.07, 6.45) is 3.10. The van der Waals surface area contributed by atoms with Gasteiger partial charge in [0.2, 0.25) is 5.91 Å². The Morgan fingerprint density at radius 3 is 3.05 bits per heavy atom. The largest absolute Gasteiger partial charge is 0.338 e. The van der Waals surface area contributed by atoms with E-state index in [4.69, 9.17) is 0 Å². The molecule has 1 aliphatic carbocycles. The molecule has 2 heterocycles. The third-order valence-electron chi connectivity index (χ3n) is 3.58. The molecule has 2 aromatic rings. The molecule has 0 atom stereocenters. The summed E-state index contributed by atoms with van der Waals surface area (Å²) in [4.78, 5) is 32.6. The van der Waals surface area contributed by atoms with Crippen molar-refractivity contribution in [1.82, 2.24) is 14.9 Å². The lowest BCUT2D eigenvalue weighted by molar-refractivity contribution is -0.137. The summed E-state index contributed by atoms with van der Waals surface area (Å²) in [6, 6.07) is 1.83. The van der Waals surface area contributed by atoms with Crippen LogP contribution in [-0.2, 0) is 11.3 Å². The highest BCUT2D eigenvalue weighted by atomic mass is 32.1. The fourth-order valence-corrected chi connectivity index (χ4v) is 2.99. The second kappa shape index (κ2) is 4.77. The minimum atomic E-state index is -0.125. The number of H-pyrrole nitrogens is 1. The molecule has 1 amide bonds. The molecule has 1 saturated carbocycles. The fourth-order valence-electron chi connectivity index (χ4n) is 2.27. The molecule has 0 saturated heterocycles. The van der Waals surface area contributed by atoms with Crippen LogP contribution in [0.4, 0.5) is 0 Å². The summed E-state index contributed by atoms with van der Waals surface area (Å²) in [7, 11) is 1.76. The molecular weight excluding hydrogens is 262 g/mol. The van der Waals surface area contributed by atoms with E-state index < -0.39 is 0 Å². The van der Waals surface area contributed by atoms with Crippen molar-refractivity contribution in [3.63, 3.8) is 0 Å². The summed E-state index contributed by atoms with van der Waals surface area (Å²) in [6.45, 7) is 0.358. The maximum Gasteiger partial charge on any atom is 0.268 e. The number of aromatic amines is 1. The van der Waals surface area contributed by atoms with Crippen molar-refractivity contribution in [2.75, 3.05) is 7.05 Å². The first-order valence-corrected chi connectivity index (χ1v) is 7.24. The van der Waals surface area contributed by atoms with Gasteiger partial charge in [0, 0.05) is 13.0 Å². The van der Waals surface area contributed by atoms with Gasteiger partial charge in [0.05, 0.1) is 12.1 Å². The van der Waals surface area contributed by atoms with Gasteiger partial charge in [-0.15, -0.1) is 11.3 Å². The number of thiophene rings is 1. The van der Waals surface area contributed by atoms with Crippen LogP contribution >= 0.6 is 11.3 Å². The number of nitrogens with one attached hydrogen (secondary N) is 1. The SMILES string of the molecule is CN(Cc1nc2ccsc2c(=O)[nH]1)C(=O)C1CCC1. The highest BCUT2D eigenvalue weighted by Crippen LogP contribution is 2.28. The van der Waals surface area contributed by atoms with Crippen molar-refractivity contribution < 1.29 is 4.79 Å². The third-order valence-corrected chi connectivity index (χ3v) is 4.48. The molecule has 1 fully saturated rings. The molecule has 100 valence electrons. The molecular formula is C13H15N3O2S. The minimum absolute atomic E-state index is 0.125. The number of aromatic nitrogens is 2. The smallest absolute Gasteiger partial charge is 0.268 e. The Labute approximate surface area is 114 Å². The molecule has 0 spiro atoms. The van der Waals surface area contributed by atoms with E-state index in [0.29, 0.717) is 22.6 Å². The van der Waals surface area contributed by atoms with Crippen molar-refractivity contribution in [3.8, 4) is 0 Å². The van der Waals surface area contributed by atoms with E-state index in [-0.39, 0.29) is 17.4 Å². The maximum absolute atomic E-state index is 12.0. The molecule has 0 aliphatic heterocycles. The Morgan fingerprint density at radius 2 is 2.37 bits per heavy atom. The quantitative estimate of drug-likeness (QED) is 0.929. The molecule has 2 aromatic heterocycles. The zero-order valence-electron chi connectivity index (χ0n) is 10.7. The molecule has 0 bridgehead atoms. The van der Waals surface area contributed by atoms with Crippen LogP contribution in [0.3, 0.4) is 0 Å². The van der Waals surface area contributed by atoms with Gasteiger partial charge in [-0.2, -0.15) is 0 Å². The Morgan fingerprint density at radius 1 is 1.58 bits per heavy atom. The number of hydrogen-bond donors (Lipinski definition) is 1. The third kappa shape index (κ3) is 2.28. The van der Waals surface area contributed by atoms with Gasteiger partial charge in [-0.25, -0.2) is 4.98 Å². The second-order valence-corrected chi connectivity index (χ2v) is 5.89. The molecule has 5 nitrogen and oxygen atoms in total. The van der Waals surface area contributed by atoms with Gasteiger partial charge < -0.3 is 9.88 Å². The van der Waals surface area contributed by atoms with Crippen molar-refractivity contribution in [1.29, 1.82) is 0 Å². The van der Waals surface area contributed by atoms with Gasteiger partial charge in [0.15, 0.2) is 0 Å². The molecule has 0 unspecified atom stereocenters. The first kappa shape index (κ1) is 12.3. The van der Waals surface area contributed by atoms with E-state index in [0.717, 1.165) is 19.3 Å². The van der Waals surface area contributed by atoms with Crippen LogP contribution in [0.2, 0.25) is 0 Å². The van der Waals surface area contributed by atoms with E-state index >= 15 is 0 Å². The van der Waals surface area contributed by atoms with Gasteiger partial charge >= 0.3 is 0 Å². The van der Waals surface area contributed by atoms with Crippen LogP contribution in [0.5, 0.6) is 0 Å². The lowest BCUT2D eigenvalue weighted by Gasteiger charge is -2.28. The van der Waals surface area contributed by atoms with Gasteiger partial charge in [-0.1, -0.05) is 6.42 Å². The van der Waals surface area contributed by atoms with Crippen molar-refractivity contribution in [2.45, 2.75) is 25.8 Å². The van der Waals surface area contributed by atoms with Crippen LogP contribution in [0.25, 0.3) is 10.2 Å². The normalized spacial score (nSPS) is 15.4.